The summed E-state index contributed by atoms with van der Waals surface area (Å²) in [7, 11) is 3.08. The Morgan fingerprint density at radius 3 is 2.22 bits per heavy atom. The van der Waals surface area contributed by atoms with Gasteiger partial charge in [-0.05, 0) is 62.7 Å². The lowest BCUT2D eigenvalue weighted by atomic mass is 9.64. The number of benzene rings is 2. The molecule has 0 aliphatic heterocycles. The van der Waals surface area contributed by atoms with Gasteiger partial charge in [-0.1, -0.05) is 22.0 Å². The van der Waals surface area contributed by atoms with Crippen molar-refractivity contribution >= 4 is 33.2 Å². The molecule has 2 aromatic carbocycles. The van der Waals surface area contributed by atoms with E-state index in [1.807, 2.05) is 30.3 Å². The predicted octanol–water partition coefficient (Wildman–Crippen LogP) is 4.87. The van der Waals surface area contributed by atoms with E-state index in [1.165, 1.54) is 21.0 Å². The number of halogens is 1. The van der Waals surface area contributed by atoms with Gasteiger partial charge in [0.05, 0.1) is 25.7 Å². The molecule has 0 spiro atoms. The monoisotopic (exact) mass is 501 g/mol. The summed E-state index contributed by atoms with van der Waals surface area (Å²) in [5, 5.41) is 14.7. The molecule has 3 rings (SSSR count). The third-order valence-electron chi connectivity index (χ3n) is 5.90. The third-order valence-corrected chi connectivity index (χ3v) is 6.43. The number of hydrogen-bond acceptors (Lipinski definition) is 6. The van der Waals surface area contributed by atoms with Gasteiger partial charge >= 0.3 is 0 Å². The van der Waals surface area contributed by atoms with E-state index in [0.29, 0.717) is 28.3 Å². The van der Waals surface area contributed by atoms with E-state index < -0.39 is 17.4 Å². The summed E-state index contributed by atoms with van der Waals surface area (Å²) in [4.78, 5) is 25.7. The summed E-state index contributed by atoms with van der Waals surface area (Å²) in [6, 6.07) is 12.9. The zero-order valence-corrected chi connectivity index (χ0v) is 20.4. The van der Waals surface area contributed by atoms with Crippen molar-refractivity contribution in [3.63, 3.8) is 0 Å². The number of carbonyl (C=O) groups is 2. The van der Waals surface area contributed by atoms with Crippen LogP contribution in [0.5, 0.6) is 11.5 Å². The number of ether oxygens (including phenoxy) is 2. The SMILES string of the molecule is COc1ccc([C@H]2C(C(C)=O)=C(Nc3ccc(Br)cc3)C[C@@](C)(O)[C@H]2C(C)=O)cc1OC. The fourth-order valence-electron chi connectivity index (χ4n) is 4.60. The molecule has 0 heterocycles. The molecule has 0 fully saturated rings. The van der Waals surface area contributed by atoms with Crippen molar-refractivity contribution in [1.82, 2.24) is 0 Å². The van der Waals surface area contributed by atoms with Gasteiger partial charge in [-0.15, -0.1) is 0 Å². The normalized spacial score (nSPS) is 23.0. The Labute approximate surface area is 196 Å². The van der Waals surface area contributed by atoms with Crippen LogP contribution >= 0.6 is 15.9 Å². The molecule has 0 unspecified atom stereocenters. The van der Waals surface area contributed by atoms with Crippen molar-refractivity contribution in [3.8, 4) is 11.5 Å². The van der Waals surface area contributed by atoms with Gasteiger partial charge in [0.2, 0.25) is 0 Å². The van der Waals surface area contributed by atoms with E-state index in [9.17, 15) is 14.7 Å². The van der Waals surface area contributed by atoms with E-state index in [0.717, 1.165) is 10.2 Å². The Hall–Kier alpha value is -2.64. The van der Waals surface area contributed by atoms with Crippen molar-refractivity contribution in [2.75, 3.05) is 19.5 Å². The Balaban J connectivity index is 2.23. The first-order valence-electron chi connectivity index (χ1n) is 10.3. The van der Waals surface area contributed by atoms with Gasteiger partial charge in [0.15, 0.2) is 17.3 Å². The Bertz CT molecular complexity index is 1060. The van der Waals surface area contributed by atoms with Crippen molar-refractivity contribution in [2.24, 2.45) is 5.92 Å². The lowest BCUT2D eigenvalue weighted by Crippen LogP contribution is -2.48. The van der Waals surface area contributed by atoms with Gasteiger partial charge in [-0.3, -0.25) is 9.59 Å². The molecular weight excluding hydrogens is 474 g/mol. The molecule has 2 N–H and O–H groups in total. The van der Waals surface area contributed by atoms with Gasteiger partial charge in [0.25, 0.3) is 0 Å². The minimum Gasteiger partial charge on any atom is -0.493 e. The fraction of sp³-hybridized carbons (Fsp3) is 0.360. The van der Waals surface area contributed by atoms with E-state index in [-0.39, 0.29) is 18.0 Å². The number of anilines is 1. The molecule has 0 saturated carbocycles. The van der Waals surface area contributed by atoms with Crippen LogP contribution in [0.3, 0.4) is 0 Å². The molecule has 3 atom stereocenters. The lowest BCUT2D eigenvalue weighted by molar-refractivity contribution is -0.131. The molecule has 0 bridgehead atoms. The fourth-order valence-corrected chi connectivity index (χ4v) is 4.87. The van der Waals surface area contributed by atoms with Crippen LogP contribution in [-0.2, 0) is 9.59 Å². The number of hydrogen-bond donors (Lipinski definition) is 2. The molecule has 0 radical (unpaired) electrons. The second-order valence-electron chi connectivity index (χ2n) is 8.29. The van der Waals surface area contributed by atoms with Crippen LogP contribution < -0.4 is 14.8 Å². The number of aliphatic hydroxyl groups is 1. The van der Waals surface area contributed by atoms with Crippen molar-refractivity contribution in [2.45, 2.75) is 38.7 Å². The second-order valence-corrected chi connectivity index (χ2v) is 9.21. The molecule has 7 heteroatoms. The molecule has 1 aliphatic rings. The Morgan fingerprint density at radius 2 is 1.69 bits per heavy atom. The molecule has 170 valence electrons. The lowest BCUT2D eigenvalue weighted by Gasteiger charge is -2.43. The maximum Gasteiger partial charge on any atom is 0.161 e. The second kappa shape index (κ2) is 9.46. The maximum atomic E-state index is 12.9. The molecule has 0 amide bonds. The molecule has 2 aromatic rings. The highest BCUT2D eigenvalue weighted by atomic mass is 79.9. The van der Waals surface area contributed by atoms with Crippen LogP contribution in [0.4, 0.5) is 5.69 Å². The minimum atomic E-state index is -1.36. The van der Waals surface area contributed by atoms with Crippen LogP contribution in [0.15, 0.2) is 58.2 Å². The Kier molecular flexibility index (Phi) is 7.10. The van der Waals surface area contributed by atoms with E-state index >= 15 is 0 Å². The third kappa shape index (κ3) is 4.74. The number of nitrogens with one attached hydrogen (secondary N) is 1. The number of rotatable bonds is 7. The van der Waals surface area contributed by atoms with E-state index in [2.05, 4.69) is 21.2 Å². The van der Waals surface area contributed by atoms with Gasteiger partial charge in [-0.25, -0.2) is 0 Å². The molecule has 0 aromatic heterocycles. The van der Waals surface area contributed by atoms with Crippen LogP contribution in [0.25, 0.3) is 0 Å². The zero-order chi connectivity index (χ0) is 23.6. The molecule has 1 aliphatic carbocycles. The summed E-state index contributed by atoms with van der Waals surface area (Å²) in [5.74, 6) is -0.758. The first-order chi connectivity index (χ1) is 15.1. The molecule has 6 nitrogen and oxygen atoms in total. The zero-order valence-electron chi connectivity index (χ0n) is 18.9. The average Bonchev–Trinajstić information content (AvgIpc) is 2.73. The number of methoxy groups -OCH3 is 2. The van der Waals surface area contributed by atoms with Gasteiger partial charge in [0, 0.05) is 33.8 Å². The Morgan fingerprint density at radius 1 is 1.06 bits per heavy atom. The number of allylic oxidation sites excluding steroid dienone is 1. The standard InChI is InChI=1S/C25H28BrNO5/c1-14(28)22-19(27-18-9-7-17(26)8-10-18)13-25(3,30)24(15(2)29)23(22)16-6-11-20(31-4)21(12-16)32-5/h6-12,23-24,27,30H,13H2,1-5H3/t23-,24-,25+/m0/s1. The first-order valence-corrected chi connectivity index (χ1v) is 11.1. The summed E-state index contributed by atoms with van der Waals surface area (Å²) in [6.45, 7) is 4.59. The van der Waals surface area contributed by atoms with Crippen LogP contribution in [0.1, 0.15) is 38.7 Å². The van der Waals surface area contributed by atoms with E-state index in [4.69, 9.17) is 9.47 Å². The minimum absolute atomic E-state index is 0.145. The molecular formula is C25H28BrNO5. The van der Waals surface area contributed by atoms with Gasteiger partial charge < -0.3 is 19.9 Å². The quantitative estimate of drug-likeness (QED) is 0.563. The van der Waals surface area contributed by atoms with Crippen molar-refractivity contribution in [3.05, 3.63) is 63.8 Å². The smallest absolute Gasteiger partial charge is 0.161 e. The molecule has 32 heavy (non-hydrogen) atoms. The number of carbonyl (C=O) groups excluding carboxylic acids is 2. The number of ketones is 2. The average molecular weight is 502 g/mol. The summed E-state index contributed by atoms with van der Waals surface area (Å²) >= 11 is 3.42. The van der Waals surface area contributed by atoms with Gasteiger partial charge in [0.1, 0.15) is 5.78 Å². The highest BCUT2D eigenvalue weighted by Gasteiger charge is 2.49. The predicted molar refractivity (Wildman–Crippen MR) is 127 cm³/mol. The summed E-state index contributed by atoms with van der Waals surface area (Å²) in [6.07, 6.45) is 0.145. The topological polar surface area (TPSA) is 84.9 Å². The van der Waals surface area contributed by atoms with Crippen LogP contribution in [0.2, 0.25) is 0 Å². The van der Waals surface area contributed by atoms with Gasteiger partial charge in [-0.2, -0.15) is 0 Å². The van der Waals surface area contributed by atoms with Crippen molar-refractivity contribution in [1.29, 1.82) is 0 Å². The summed E-state index contributed by atoms with van der Waals surface area (Å²) in [5.41, 5.74) is 1.20. The highest BCUT2D eigenvalue weighted by molar-refractivity contribution is 9.10. The first kappa shape index (κ1) is 24.0. The molecule has 0 saturated heterocycles. The number of Topliss-reactive ketones (excluding diaryl/α,β-unsaturated/α-hetero) is 2. The van der Waals surface area contributed by atoms with Crippen LogP contribution in [-0.4, -0.2) is 36.5 Å². The largest absolute Gasteiger partial charge is 0.493 e. The van der Waals surface area contributed by atoms with E-state index in [1.54, 1.807) is 26.2 Å². The highest BCUT2D eigenvalue weighted by Crippen LogP contribution is 2.49. The van der Waals surface area contributed by atoms with Crippen molar-refractivity contribution < 1.29 is 24.2 Å². The van der Waals surface area contributed by atoms with Crippen LogP contribution in [0, 0.1) is 5.92 Å². The maximum absolute atomic E-state index is 12.9. The summed E-state index contributed by atoms with van der Waals surface area (Å²) < 4.78 is 11.7.